The van der Waals surface area contributed by atoms with Crippen molar-refractivity contribution < 1.29 is 4.74 Å². The van der Waals surface area contributed by atoms with Gasteiger partial charge in [-0.25, -0.2) is 0 Å². The highest BCUT2D eigenvalue weighted by atomic mass is 16.5. The van der Waals surface area contributed by atoms with Crippen molar-refractivity contribution >= 4 is 0 Å². The minimum atomic E-state index is 0.125. The van der Waals surface area contributed by atoms with Crippen molar-refractivity contribution in [2.24, 2.45) is 0 Å². The molecule has 0 aromatic heterocycles. The van der Waals surface area contributed by atoms with E-state index in [4.69, 9.17) is 4.74 Å². The first-order valence-electron chi connectivity index (χ1n) is 19.5. The number of rotatable bonds is 32. The van der Waals surface area contributed by atoms with Crippen LogP contribution in [0.15, 0.2) is 24.3 Å². The van der Waals surface area contributed by atoms with Gasteiger partial charge in [-0.05, 0) is 64.2 Å². The minimum Gasteiger partial charge on any atom is -0.372 e. The Morgan fingerprint density at radius 2 is 0.786 bits per heavy atom. The molecule has 0 aliphatic carbocycles. The Morgan fingerprint density at radius 1 is 0.452 bits per heavy atom. The molecule has 1 heterocycles. The Hall–Kier alpha value is -0.600. The number of hydrogen-bond acceptors (Lipinski definition) is 2. The Kier molecular flexibility index (Phi) is 29.9. The predicted molar refractivity (Wildman–Crippen MR) is 190 cm³/mol. The van der Waals surface area contributed by atoms with Crippen LogP contribution in [0.5, 0.6) is 0 Å². The van der Waals surface area contributed by atoms with E-state index < -0.39 is 0 Å². The van der Waals surface area contributed by atoms with Gasteiger partial charge in [0.15, 0.2) is 0 Å². The summed E-state index contributed by atoms with van der Waals surface area (Å²) >= 11 is 0. The van der Waals surface area contributed by atoms with Crippen molar-refractivity contribution in [3.63, 3.8) is 0 Å². The fourth-order valence-electron chi connectivity index (χ4n) is 6.54. The van der Waals surface area contributed by atoms with E-state index in [1.165, 1.54) is 193 Å². The van der Waals surface area contributed by atoms with Gasteiger partial charge in [-0.15, -0.1) is 0 Å². The lowest BCUT2D eigenvalue weighted by molar-refractivity contribution is -0.0791. The van der Waals surface area contributed by atoms with Gasteiger partial charge < -0.3 is 10.1 Å². The average molecular weight is 588 g/mol. The molecule has 0 bridgehead atoms. The summed E-state index contributed by atoms with van der Waals surface area (Å²) in [7, 11) is 0. The normalized spacial score (nSPS) is 15.4. The van der Waals surface area contributed by atoms with Crippen LogP contribution in [0.1, 0.15) is 206 Å². The summed E-state index contributed by atoms with van der Waals surface area (Å²) in [6.07, 6.45) is 50.9. The maximum atomic E-state index is 6.44. The maximum absolute atomic E-state index is 6.44. The van der Waals surface area contributed by atoms with E-state index in [0.717, 1.165) is 19.7 Å². The SMILES string of the molecule is CCCCCCCC/C=C\CCCCCCCCC1(CCCCCCCC/C=C\CCCCCCCC)CNCCO1. The molecule has 2 heteroatoms. The predicted octanol–water partition coefficient (Wildman–Crippen LogP) is 13.2. The molecule has 0 aromatic rings. The summed E-state index contributed by atoms with van der Waals surface area (Å²) in [4.78, 5) is 0. The van der Waals surface area contributed by atoms with Crippen LogP contribution in [-0.2, 0) is 4.74 Å². The van der Waals surface area contributed by atoms with Crippen LogP contribution in [0.2, 0.25) is 0 Å². The Balaban J connectivity index is 1.95. The standard InChI is InChI=1S/C40H77NO/c1-3-5-7-9-11-13-15-17-19-21-23-25-27-29-31-33-35-40(39-41-37-38-42-40)36-34-32-30-28-26-24-22-20-18-16-14-12-10-8-6-4-2/h17-20,41H,3-16,21-39H2,1-2H3/b19-17-,20-18-. The largest absolute Gasteiger partial charge is 0.372 e. The molecular weight excluding hydrogens is 510 g/mol. The second-order valence-electron chi connectivity index (χ2n) is 13.6. The molecule has 248 valence electrons. The molecular formula is C40H77NO. The lowest BCUT2D eigenvalue weighted by Gasteiger charge is -2.38. The number of hydrogen-bond donors (Lipinski definition) is 1. The number of allylic oxidation sites excluding steroid dienone is 4. The second-order valence-corrected chi connectivity index (χ2v) is 13.6. The lowest BCUT2D eigenvalue weighted by atomic mass is 9.88. The molecule has 0 atom stereocenters. The molecule has 1 aliphatic heterocycles. The molecule has 0 aromatic carbocycles. The summed E-state index contributed by atoms with van der Waals surface area (Å²) < 4.78 is 6.44. The van der Waals surface area contributed by atoms with Gasteiger partial charge in [0.05, 0.1) is 12.2 Å². The Bertz CT molecular complexity index is 532. The summed E-state index contributed by atoms with van der Waals surface area (Å²) in [5, 5.41) is 3.65. The third kappa shape index (κ3) is 25.9. The molecule has 42 heavy (non-hydrogen) atoms. The molecule has 1 rings (SSSR count). The third-order valence-electron chi connectivity index (χ3n) is 9.42. The lowest BCUT2D eigenvalue weighted by Crippen LogP contribution is -2.49. The molecule has 1 aliphatic rings. The van der Waals surface area contributed by atoms with Gasteiger partial charge in [0, 0.05) is 13.1 Å². The van der Waals surface area contributed by atoms with Crippen molar-refractivity contribution in [3.8, 4) is 0 Å². The highest BCUT2D eigenvalue weighted by Gasteiger charge is 2.31. The molecule has 2 nitrogen and oxygen atoms in total. The number of nitrogens with one attached hydrogen (secondary N) is 1. The van der Waals surface area contributed by atoms with E-state index >= 15 is 0 Å². The van der Waals surface area contributed by atoms with E-state index in [-0.39, 0.29) is 5.60 Å². The van der Waals surface area contributed by atoms with Crippen LogP contribution < -0.4 is 5.32 Å². The highest BCUT2D eigenvalue weighted by Crippen LogP contribution is 2.28. The van der Waals surface area contributed by atoms with E-state index in [0.29, 0.717) is 0 Å². The monoisotopic (exact) mass is 588 g/mol. The van der Waals surface area contributed by atoms with Gasteiger partial charge in [0.2, 0.25) is 0 Å². The smallest absolute Gasteiger partial charge is 0.0806 e. The fraction of sp³-hybridized carbons (Fsp3) is 0.900. The van der Waals surface area contributed by atoms with Crippen LogP contribution >= 0.6 is 0 Å². The first kappa shape index (κ1) is 39.4. The van der Waals surface area contributed by atoms with E-state index in [9.17, 15) is 0 Å². The third-order valence-corrected chi connectivity index (χ3v) is 9.42. The molecule has 0 amide bonds. The van der Waals surface area contributed by atoms with Gasteiger partial charge in [-0.2, -0.15) is 0 Å². The molecule has 1 N–H and O–H groups in total. The highest BCUT2D eigenvalue weighted by molar-refractivity contribution is 4.86. The number of ether oxygens (including phenoxy) is 1. The molecule has 0 unspecified atom stereocenters. The van der Waals surface area contributed by atoms with Crippen molar-refractivity contribution in [1.29, 1.82) is 0 Å². The first-order chi connectivity index (χ1) is 20.8. The molecule has 1 fully saturated rings. The molecule has 0 saturated carbocycles. The van der Waals surface area contributed by atoms with Gasteiger partial charge in [-0.3, -0.25) is 0 Å². The van der Waals surface area contributed by atoms with Crippen LogP contribution in [0.4, 0.5) is 0 Å². The average Bonchev–Trinajstić information content (AvgIpc) is 3.01. The van der Waals surface area contributed by atoms with Crippen molar-refractivity contribution in [1.82, 2.24) is 5.32 Å². The van der Waals surface area contributed by atoms with Crippen molar-refractivity contribution in [3.05, 3.63) is 24.3 Å². The zero-order chi connectivity index (χ0) is 30.1. The summed E-state index contributed by atoms with van der Waals surface area (Å²) in [6, 6.07) is 0. The van der Waals surface area contributed by atoms with Gasteiger partial charge in [0.1, 0.15) is 0 Å². The molecule has 1 saturated heterocycles. The summed E-state index contributed by atoms with van der Waals surface area (Å²) in [5.41, 5.74) is 0.125. The van der Waals surface area contributed by atoms with Gasteiger partial charge in [0.25, 0.3) is 0 Å². The van der Waals surface area contributed by atoms with Crippen molar-refractivity contribution in [2.75, 3.05) is 19.7 Å². The fourth-order valence-corrected chi connectivity index (χ4v) is 6.54. The van der Waals surface area contributed by atoms with Crippen LogP contribution in [0.3, 0.4) is 0 Å². The first-order valence-corrected chi connectivity index (χ1v) is 19.5. The number of morpholine rings is 1. The topological polar surface area (TPSA) is 21.3 Å². The van der Waals surface area contributed by atoms with E-state index in [2.05, 4.69) is 43.5 Å². The second kappa shape index (κ2) is 31.8. The minimum absolute atomic E-state index is 0.125. The quantitative estimate of drug-likeness (QED) is 0.0624. The number of unbranched alkanes of at least 4 members (excludes halogenated alkanes) is 24. The molecule has 0 spiro atoms. The van der Waals surface area contributed by atoms with Gasteiger partial charge in [-0.1, -0.05) is 167 Å². The van der Waals surface area contributed by atoms with Crippen molar-refractivity contribution in [2.45, 2.75) is 212 Å². The summed E-state index contributed by atoms with van der Waals surface area (Å²) in [5.74, 6) is 0. The van der Waals surface area contributed by atoms with Crippen LogP contribution in [0.25, 0.3) is 0 Å². The zero-order valence-electron chi connectivity index (χ0n) is 29.1. The van der Waals surface area contributed by atoms with Gasteiger partial charge >= 0.3 is 0 Å². The van der Waals surface area contributed by atoms with Crippen LogP contribution in [-0.4, -0.2) is 25.3 Å². The Labute approximate surface area is 265 Å². The Morgan fingerprint density at radius 3 is 1.12 bits per heavy atom. The van der Waals surface area contributed by atoms with E-state index in [1.807, 2.05) is 0 Å². The van der Waals surface area contributed by atoms with E-state index in [1.54, 1.807) is 0 Å². The molecule has 0 radical (unpaired) electrons. The maximum Gasteiger partial charge on any atom is 0.0806 e. The zero-order valence-corrected chi connectivity index (χ0v) is 29.1. The van der Waals surface area contributed by atoms with Crippen LogP contribution in [0, 0.1) is 0 Å². The summed E-state index contributed by atoms with van der Waals surface area (Å²) in [6.45, 7) is 7.60.